The Labute approximate surface area is 149 Å². The number of amides is 2. The summed E-state index contributed by atoms with van der Waals surface area (Å²) in [5.74, 6) is 0.00692. The van der Waals surface area contributed by atoms with E-state index in [1.165, 1.54) is 19.3 Å². The molecule has 1 aromatic carbocycles. The zero-order valence-corrected chi connectivity index (χ0v) is 14.9. The van der Waals surface area contributed by atoms with Gasteiger partial charge in [0.1, 0.15) is 0 Å². The molecule has 3 aliphatic rings. The molecule has 0 unspecified atom stereocenters. The molecule has 3 fully saturated rings. The van der Waals surface area contributed by atoms with E-state index >= 15 is 0 Å². The Morgan fingerprint density at radius 2 is 1.92 bits per heavy atom. The highest BCUT2D eigenvalue weighted by atomic mass is 16.2. The molecule has 2 N–H and O–H groups in total. The molecule has 5 nitrogen and oxygen atoms in total. The average molecular weight is 341 g/mol. The van der Waals surface area contributed by atoms with Gasteiger partial charge in [0.05, 0.1) is 0 Å². The number of carbonyl (C=O) groups excluding carboxylic acids is 2. The number of nitrogens with zero attached hydrogens (tertiary/aromatic N) is 2. The van der Waals surface area contributed by atoms with Crippen molar-refractivity contribution < 1.29 is 9.59 Å². The minimum absolute atomic E-state index is 0.0122. The lowest BCUT2D eigenvalue weighted by Gasteiger charge is -2.46. The first kappa shape index (κ1) is 16.6. The maximum Gasteiger partial charge on any atom is 0.248 e. The molecule has 1 aromatic rings. The number of nitrogens with two attached hydrogens (primary N) is 1. The van der Waals surface area contributed by atoms with Crippen molar-refractivity contribution in [2.24, 2.45) is 11.7 Å². The van der Waals surface area contributed by atoms with Gasteiger partial charge >= 0.3 is 0 Å². The molecule has 1 saturated heterocycles. The van der Waals surface area contributed by atoms with Crippen molar-refractivity contribution in [2.45, 2.75) is 50.6 Å². The topological polar surface area (TPSA) is 66.6 Å². The number of piperazine rings is 1. The molecular weight excluding hydrogens is 314 g/mol. The van der Waals surface area contributed by atoms with Crippen LogP contribution in [-0.4, -0.2) is 53.3 Å². The molecule has 3 atom stereocenters. The van der Waals surface area contributed by atoms with Crippen molar-refractivity contribution in [3.05, 3.63) is 35.4 Å². The van der Waals surface area contributed by atoms with E-state index in [0.717, 1.165) is 37.7 Å². The standard InChI is InChI=1S/C20H27N3O2/c1-13-12-22(14-5-4-6-14)9-10-23(13)20(25)18-11-17(18)15-7-2-3-8-16(15)19(21)24/h2-3,7-8,13-14,17-18H,4-6,9-12H2,1H3,(H2,21,24)/t13-,17-,18+/m1/s1. The molecular formula is C20H27N3O2. The molecule has 0 radical (unpaired) electrons. The smallest absolute Gasteiger partial charge is 0.248 e. The molecule has 2 saturated carbocycles. The zero-order chi connectivity index (χ0) is 17.6. The molecule has 2 amide bonds. The molecule has 5 heteroatoms. The van der Waals surface area contributed by atoms with E-state index < -0.39 is 5.91 Å². The molecule has 2 aliphatic carbocycles. The van der Waals surface area contributed by atoms with E-state index in [2.05, 4.69) is 16.7 Å². The van der Waals surface area contributed by atoms with Crippen LogP contribution in [-0.2, 0) is 4.79 Å². The summed E-state index contributed by atoms with van der Waals surface area (Å²) in [6.45, 7) is 4.98. The van der Waals surface area contributed by atoms with Crippen LogP contribution >= 0.6 is 0 Å². The second kappa shape index (κ2) is 6.45. The Bertz CT molecular complexity index is 685. The fourth-order valence-corrected chi connectivity index (χ4v) is 4.47. The van der Waals surface area contributed by atoms with Crippen molar-refractivity contribution in [1.29, 1.82) is 0 Å². The summed E-state index contributed by atoms with van der Waals surface area (Å²) < 4.78 is 0. The molecule has 1 aliphatic heterocycles. The summed E-state index contributed by atoms with van der Waals surface area (Å²) in [5.41, 5.74) is 6.99. The van der Waals surface area contributed by atoms with Gasteiger partial charge in [0.15, 0.2) is 0 Å². The van der Waals surface area contributed by atoms with Crippen LogP contribution in [0.2, 0.25) is 0 Å². The second-order valence-electron chi connectivity index (χ2n) is 7.86. The van der Waals surface area contributed by atoms with Crippen LogP contribution in [0.1, 0.15) is 54.4 Å². The van der Waals surface area contributed by atoms with E-state index in [4.69, 9.17) is 5.73 Å². The molecule has 25 heavy (non-hydrogen) atoms. The van der Waals surface area contributed by atoms with Crippen molar-refractivity contribution >= 4 is 11.8 Å². The van der Waals surface area contributed by atoms with E-state index in [9.17, 15) is 9.59 Å². The van der Waals surface area contributed by atoms with Gasteiger partial charge < -0.3 is 10.6 Å². The Kier molecular flexibility index (Phi) is 4.28. The van der Waals surface area contributed by atoms with Crippen LogP contribution in [0.5, 0.6) is 0 Å². The van der Waals surface area contributed by atoms with Crippen LogP contribution < -0.4 is 5.73 Å². The number of hydrogen-bond donors (Lipinski definition) is 1. The number of carbonyl (C=O) groups is 2. The van der Waals surface area contributed by atoms with Crippen LogP contribution in [0.15, 0.2) is 24.3 Å². The Morgan fingerprint density at radius 1 is 1.16 bits per heavy atom. The maximum absolute atomic E-state index is 13.0. The fourth-order valence-electron chi connectivity index (χ4n) is 4.47. The summed E-state index contributed by atoms with van der Waals surface area (Å²) in [6.07, 6.45) is 4.81. The Balaban J connectivity index is 1.41. The highest BCUT2D eigenvalue weighted by Crippen LogP contribution is 2.49. The van der Waals surface area contributed by atoms with E-state index in [1.807, 2.05) is 18.2 Å². The third-order valence-electron chi connectivity index (χ3n) is 6.27. The number of rotatable bonds is 4. The van der Waals surface area contributed by atoms with Crippen LogP contribution in [0.25, 0.3) is 0 Å². The van der Waals surface area contributed by atoms with Gasteiger partial charge in [-0.05, 0) is 43.7 Å². The van der Waals surface area contributed by atoms with Crippen molar-refractivity contribution in [3.63, 3.8) is 0 Å². The number of primary amides is 1. The lowest BCUT2D eigenvalue weighted by molar-refractivity contribution is -0.138. The Morgan fingerprint density at radius 3 is 2.56 bits per heavy atom. The lowest BCUT2D eigenvalue weighted by atomic mass is 9.90. The van der Waals surface area contributed by atoms with Crippen molar-refractivity contribution in [3.8, 4) is 0 Å². The molecule has 4 rings (SSSR count). The zero-order valence-electron chi connectivity index (χ0n) is 14.9. The average Bonchev–Trinajstić information content (AvgIpc) is 3.33. The van der Waals surface area contributed by atoms with E-state index in [1.54, 1.807) is 6.07 Å². The Hall–Kier alpha value is -1.88. The normalized spacial score (nSPS) is 30.0. The van der Waals surface area contributed by atoms with Crippen LogP contribution in [0, 0.1) is 5.92 Å². The quantitative estimate of drug-likeness (QED) is 0.910. The minimum Gasteiger partial charge on any atom is -0.366 e. The first-order valence-corrected chi connectivity index (χ1v) is 9.49. The molecule has 0 spiro atoms. The molecule has 134 valence electrons. The summed E-state index contributed by atoms with van der Waals surface area (Å²) in [6, 6.07) is 8.46. The second-order valence-corrected chi connectivity index (χ2v) is 7.86. The predicted molar refractivity (Wildman–Crippen MR) is 96.2 cm³/mol. The highest BCUT2D eigenvalue weighted by molar-refractivity contribution is 5.95. The first-order valence-electron chi connectivity index (χ1n) is 9.49. The van der Waals surface area contributed by atoms with E-state index in [0.29, 0.717) is 5.56 Å². The first-order chi connectivity index (χ1) is 12.1. The van der Waals surface area contributed by atoms with Gasteiger partial charge in [-0.25, -0.2) is 0 Å². The minimum atomic E-state index is -0.406. The molecule has 1 heterocycles. The predicted octanol–water partition coefficient (Wildman–Crippen LogP) is 1.97. The molecule has 0 bridgehead atoms. The maximum atomic E-state index is 13.0. The van der Waals surface area contributed by atoms with Crippen molar-refractivity contribution in [2.75, 3.05) is 19.6 Å². The van der Waals surface area contributed by atoms with Gasteiger partial charge in [0.25, 0.3) is 0 Å². The summed E-state index contributed by atoms with van der Waals surface area (Å²) in [4.78, 5) is 29.2. The molecule has 0 aromatic heterocycles. The number of benzene rings is 1. The largest absolute Gasteiger partial charge is 0.366 e. The summed E-state index contributed by atoms with van der Waals surface area (Å²) >= 11 is 0. The van der Waals surface area contributed by atoms with Crippen LogP contribution in [0.4, 0.5) is 0 Å². The van der Waals surface area contributed by atoms with Gasteiger partial charge in [0.2, 0.25) is 11.8 Å². The van der Waals surface area contributed by atoms with Gasteiger partial charge in [-0.3, -0.25) is 14.5 Å². The number of hydrogen-bond acceptors (Lipinski definition) is 3. The SMILES string of the molecule is C[C@@H]1CN(C2CCC2)CCN1C(=O)[C@H]1C[C@@H]1c1ccccc1C(N)=O. The van der Waals surface area contributed by atoms with Crippen LogP contribution in [0.3, 0.4) is 0 Å². The fraction of sp³-hybridized carbons (Fsp3) is 0.600. The summed E-state index contributed by atoms with van der Waals surface area (Å²) in [7, 11) is 0. The van der Waals surface area contributed by atoms with E-state index in [-0.39, 0.29) is 23.8 Å². The summed E-state index contributed by atoms with van der Waals surface area (Å²) in [5, 5.41) is 0. The van der Waals surface area contributed by atoms with Gasteiger partial charge in [0, 0.05) is 43.2 Å². The van der Waals surface area contributed by atoms with Crippen molar-refractivity contribution in [1.82, 2.24) is 9.80 Å². The van der Waals surface area contributed by atoms with Gasteiger partial charge in [-0.1, -0.05) is 24.6 Å². The third kappa shape index (κ3) is 3.06. The highest BCUT2D eigenvalue weighted by Gasteiger charge is 2.48. The van der Waals surface area contributed by atoms with Gasteiger partial charge in [-0.2, -0.15) is 0 Å². The van der Waals surface area contributed by atoms with Gasteiger partial charge in [-0.15, -0.1) is 0 Å². The lowest BCUT2D eigenvalue weighted by Crippen LogP contribution is -2.58. The third-order valence-corrected chi connectivity index (χ3v) is 6.27. The monoisotopic (exact) mass is 341 g/mol.